The summed E-state index contributed by atoms with van der Waals surface area (Å²) in [6.07, 6.45) is 5.12. The van der Waals surface area contributed by atoms with Crippen LogP contribution in [0.5, 0.6) is 0 Å². The molecule has 188 valence electrons. The van der Waals surface area contributed by atoms with Gasteiger partial charge in [-0.15, -0.1) is 0 Å². The third-order valence-electron chi connectivity index (χ3n) is 7.27. The fraction of sp³-hybridized carbons (Fsp3) is 0.273. The molecule has 1 aliphatic heterocycles. The lowest BCUT2D eigenvalue weighted by atomic mass is 9.91. The van der Waals surface area contributed by atoms with Gasteiger partial charge in [0.1, 0.15) is 0 Å². The van der Waals surface area contributed by atoms with Crippen molar-refractivity contribution in [3.05, 3.63) is 114 Å². The van der Waals surface area contributed by atoms with Gasteiger partial charge < -0.3 is 9.64 Å². The molecule has 0 saturated heterocycles. The highest BCUT2D eigenvalue weighted by atomic mass is 16.5. The molecule has 0 fully saturated rings. The fourth-order valence-corrected chi connectivity index (χ4v) is 5.31. The molecule has 2 atom stereocenters. The van der Waals surface area contributed by atoms with Crippen LogP contribution in [0.3, 0.4) is 0 Å². The molecule has 4 nitrogen and oxygen atoms in total. The summed E-state index contributed by atoms with van der Waals surface area (Å²) in [6, 6.07) is 31.7. The summed E-state index contributed by atoms with van der Waals surface area (Å²) >= 11 is 0. The molecule has 0 spiro atoms. The first-order chi connectivity index (χ1) is 18.1. The Balaban J connectivity index is 1.22. The zero-order valence-electron chi connectivity index (χ0n) is 21.6. The normalized spacial score (nSPS) is 13.8. The van der Waals surface area contributed by atoms with E-state index in [0.29, 0.717) is 13.0 Å². The quantitative estimate of drug-likeness (QED) is 0.230. The number of aromatic nitrogens is 1. The third-order valence-corrected chi connectivity index (χ3v) is 7.27. The number of hydrogen-bond acceptors (Lipinski definition) is 4. The molecule has 3 aromatic carbocycles. The van der Waals surface area contributed by atoms with E-state index in [1.165, 1.54) is 22.5 Å². The van der Waals surface area contributed by atoms with Crippen molar-refractivity contribution in [1.29, 1.82) is 0 Å². The van der Waals surface area contributed by atoms with Crippen LogP contribution in [0.4, 0.5) is 11.4 Å². The maximum Gasteiger partial charge on any atom is 0.308 e. The highest BCUT2D eigenvalue weighted by Crippen LogP contribution is 2.41. The van der Waals surface area contributed by atoms with Crippen LogP contribution in [0.1, 0.15) is 43.4 Å². The van der Waals surface area contributed by atoms with Crippen molar-refractivity contribution < 1.29 is 9.53 Å². The van der Waals surface area contributed by atoms with Gasteiger partial charge in [0.15, 0.2) is 0 Å². The summed E-state index contributed by atoms with van der Waals surface area (Å²) in [4.78, 5) is 19.9. The Labute approximate surface area is 220 Å². The molecule has 0 saturated carbocycles. The van der Waals surface area contributed by atoms with Crippen molar-refractivity contribution in [2.24, 2.45) is 5.92 Å². The van der Waals surface area contributed by atoms with Gasteiger partial charge in [-0.1, -0.05) is 74.5 Å². The first kappa shape index (κ1) is 24.8. The van der Waals surface area contributed by atoms with Gasteiger partial charge in [-0.3, -0.25) is 9.78 Å². The molecule has 37 heavy (non-hydrogen) atoms. The third kappa shape index (κ3) is 5.59. The van der Waals surface area contributed by atoms with Crippen LogP contribution < -0.4 is 4.90 Å². The second-order valence-corrected chi connectivity index (χ2v) is 9.84. The van der Waals surface area contributed by atoms with E-state index < -0.39 is 0 Å². The molecule has 2 unspecified atom stereocenters. The molecule has 0 radical (unpaired) electrons. The van der Waals surface area contributed by atoms with Gasteiger partial charge in [-0.2, -0.15) is 0 Å². The van der Waals surface area contributed by atoms with Gasteiger partial charge in [0, 0.05) is 42.0 Å². The summed E-state index contributed by atoms with van der Waals surface area (Å²) in [5, 5.41) is 0. The highest BCUT2D eigenvalue weighted by Gasteiger charge is 2.30. The molecule has 0 N–H and O–H groups in total. The maximum atomic E-state index is 13.0. The van der Waals surface area contributed by atoms with Gasteiger partial charge >= 0.3 is 5.97 Å². The Morgan fingerprint density at radius 2 is 1.62 bits per heavy atom. The van der Waals surface area contributed by atoms with Crippen molar-refractivity contribution in [2.75, 3.05) is 11.5 Å². The van der Waals surface area contributed by atoms with Crippen molar-refractivity contribution in [2.45, 2.75) is 45.6 Å². The largest absolute Gasteiger partial charge is 0.465 e. The number of carbonyl (C=O) groups is 1. The van der Waals surface area contributed by atoms with E-state index in [2.05, 4.69) is 83.5 Å². The number of nitrogens with zero attached hydrogens (tertiary/aromatic N) is 2. The topological polar surface area (TPSA) is 42.4 Å². The summed E-state index contributed by atoms with van der Waals surface area (Å²) in [7, 11) is 0. The lowest BCUT2D eigenvalue weighted by Crippen LogP contribution is -2.36. The van der Waals surface area contributed by atoms with E-state index in [1.54, 1.807) is 6.20 Å². The molecular weight excluding hydrogens is 456 g/mol. The van der Waals surface area contributed by atoms with Crippen LogP contribution in [0, 0.1) is 5.92 Å². The number of para-hydroxylation sites is 2. The molecule has 4 aromatic rings. The van der Waals surface area contributed by atoms with Crippen LogP contribution >= 0.6 is 0 Å². The number of carbonyl (C=O) groups excluding carboxylic acids is 1. The van der Waals surface area contributed by atoms with E-state index in [0.717, 1.165) is 36.1 Å². The van der Waals surface area contributed by atoms with E-state index in [-0.39, 0.29) is 17.9 Å². The predicted octanol–water partition coefficient (Wildman–Crippen LogP) is 7.38. The second kappa shape index (κ2) is 11.4. The smallest absolute Gasteiger partial charge is 0.308 e. The fourth-order valence-electron chi connectivity index (χ4n) is 5.31. The van der Waals surface area contributed by atoms with E-state index in [1.807, 2.05) is 31.2 Å². The zero-order chi connectivity index (χ0) is 25.6. The van der Waals surface area contributed by atoms with Crippen molar-refractivity contribution >= 4 is 17.3 Å². The van der Waals surface area contributed by atoms with Crippen molar-refractivity contribution in [1.82, 2.24) is 4.98 Å². The van der Waals surface area contributed by atoms with Gasteiger partial charge in [0.05, 0.1) is 18.2 Å². The molecule has 5 rings (SSSR count). The molecule has 0 bridgehead atoms. The number of rotatable bonds is 9. The average Bonchev–Trinajstić information content (AvgIpc) is 2.95. The van der Waals surface area contributed by atoms with Crippen molar-refractivity contribution in [3.8, 4) is 11.3 Å². The molecule has 1 aromatic heterocycles. The molecule has 2 heterocycles. The summed E-state index contributed by atoms with van der Waals surface area (Å²) in [5.41, 5.74) is 8.33. The lowest BCUT2D eigenvalue weighted by molar-refractivity contribution is -0.148. The van der Waals surface area contributed by atoms with Gasteiger partial charge in [-0.05, 0) is 59.9 Å². The minimum Gasteiger partial charge on any atom is -0.465 e. The monoisotopic (exact) mass is 490 g/mol. The Bertz CT molecular complexity index is 1310. The number of anilines is 2. The number of benzene rings is 3. The maximum absolute atomic E-state index is 13.0. The van der Waals surface area contributed by atoms with Crippen LogP contribution in [-0.4, -0.2) is 23.6 Å². The number of pyridine rings is 1. The van der Waals surface area contributed by atoms with E-state index in [4.69, 9.17) is 4.74 Å². The molecule has 0 aliphatic carbocycles. The van der Waals surface area contributed by atoms with E-state index >= 15 is 0 Å². The first-order valence-corrected chi connectivity index (χ1v) is 13.3. The number of esters is 1. The van der Waals surface area contributed by atoms with Gasteiger partial charge in [0.2, 0.25) is 0 Å². The summed E-state index contributed by atoms with van der Waals surface area (Å²) < 4.78 is 5.75. The summed E-state index contributed by atoms with van der Waals surface area (Å²) in [5.74, 6) is -0.316. The second-order valence-electron chi connectivity index (χ2n) is 9.84. The minimum absolute atomic E-state index is 0.127. The van der Waals surface area contributed by atoms with E-state index in [9.17, 15) is 4.79 Å². The highest BCUT2D eigenvalue weighted by molar-refractivity contribution is 5.76. The predicted molar refractivity (Wildman–Crippen MR) is 150 cm³/mol. The zero-order valence-corrected chi connectivity index (χ0v) is 21.6. The first-order valence-electron chi connectivity index (χ1n) is 13.3. The number of ether oxygens (including phenoxy) is 1. The van der Waals surface area contributed by atoms with Crippen molar-refractivity contribution in [3.63, 3.8) is 0 Å². The van der Waals surface area contributed by atoms with Crippen LogP contribution in [0.2, 0.25) is 0 Å². The Hall–Kier alpha value is -3.92. The minimum atomic E-state index is -0.189. The lowest BCUT2D eigenvalue weighted by Gasteiger charge is -2.39. The molecular formula is C33H34N2O2. The standard InChI is InChI=1S/C33H34N2O2/c1-3-29(35-31-16-6-4-12-27(31)23-28-13-5-7-17-32(28)35)21-24(2)33(36)37-20-18-25-11-10-14-26(22-25)30-15-8-9-19-34-30/h4-17,19,22,24,29H,3,18,20-21,23H2,1-2H3. The average molecular weight is 491 g/mol. The Morgan fingerprint density at radius 3 is 2.30 bits per heavy atom. The molecule has 0 amide bonds. The van der Waals surface area contributed by atoms with Crippen LogP contribution in [-0.2, 0) is 22.4 Å². The Kier molecular flexibility index (Phi) is 7.65. The van der Waals surface area contributed by atoms with Crippen LogP contribution in [0.15, 0.2) is 97.2 Å². The SMILES string of the molecule is CCC(CC(C)C(=O)OCCc1cccc(-c2ccccn2)c1)N1c2ccccc2Cc2ccccc21. The molecule has 1 aliphatic rings. The molecule has 4 heteroatoms. The van der Waals surface area contributed by atoms with Gasteiger partial charge in [-0.25, -0.2) is 0 Å². The number of hydrogen-bond donors (Lipinski definition) is 0. The van der Waals surface area contributed by atoms with Gasteiger partial charge in [0.25, 0.3) is 0 Å². The summed E-state index contributed by atoms with van der Waals surface area (Å²) in [6.45, 7) is 4.58. The van der Waals surface area contributed by atoms with Crippen LogP contribution in [0.25, 0.3) is 11.3 Å². The number of fused-ring (bicyclic) bond motifs is 2. The Morgan fingerprint density at radius 1 is 0.919 bits per heavy atom.